The average Bonchev–Trinajstić information content (AvgIpc) is 3.13. The molecule has 1 saturated carbocycles. The molecule has 2 aromatic carbocycles. The van der Waals surface area contributed by atoms with Gasteiger partial charge in [0.2, 0.25) is 0 Å². The van der Waals surface area contributed by atoms with E-state index in [1.165, 1.54) is 30.5 Å². The molecular weight excluding hydrogens is 441 g/mol. The van der Waals surface area contributed by atoms with Crippen LogP contribution in [0.1, 0.15) is 43.0 Å². The molecule has 4 rings (SSSR count). The third-order valence-corrected chi connectivity index (χ3v) is 6.05. The Morgan fingerprint density at radius 1 is 1.06 bits per heavy atom. The smallest absolute Gasteiger partial charge is 0.148 e. The first-order chi connectivity index (χ1) is 16.3. The van der Waals surface area contributed by atoms with Gasteiger partial charge in [-0.05, 0) is 43.9 Å². The van der Waals surface area contributed by atoms with Gasteiger partial charge in [-0.25, -0.2) is 23.1 Å². The van der Waals surface area contributed by atoms with Gasteiger partial charge in [-0.3, -0.25) is 0 Å². The summed E-state index contributed by atoms with van der Waals surface area (Å²) in [5, 5.41) is 2.93. The van der Waals surface area contributed by atoms with Crippen molar-refractivity contribution in [1.82, 2.24) is 14.9 Å². The number of halogens is 3. The molecule has 0 radical (unpaired) electrons. The Bertz CT molecular complexity index is 1190. The van der Waals surface area contributed by atoms with Gasteiger partial charge in [0, 0.05) is 24.2 Å². The van der Waals surface area contributed by atoms with Crippen molar-refractivity contribution in [3.63, 3.8) is 0 Å². The van der Waals surface area contributed by atoms with Gasteiger partial charge in [0.25, 0.3) is 0 Å². The lowest BCUT2D eigenvalue weighted by molar-refractivity contribution is 0.327. The minimum absolute atomic E-state index is 0.0918. The highest BCUT2D eigenvalue weighted by Gasteiger charge is 2.28. The van der Waals surface area contributed by atoms with Crippen molar-refractivity contribution in [2.45, 2.75) is 44.3 Å². The number of rotatable bonds is 7. The topological polar surface area (TPSA) is 94.2 Å². The third-order valence-electron chi connectivity index (χ3n) is 6.05. The Labute approximate surface area is 196 Å². The fourth-order valence-corrected chi connectivity index (χ4v) is 4.20. The Kier molecular flexibility index (Phi) is 7.02. The van der Waals surface area contributed by atoms with E-state index in [-0.39, 0.29) is 53.2 Å². The van der Waals surface area contributed by atoms with Crippen molar-refractivity contribution in [3.8, 4) is 11.4 Å². The number of hydrogen-bond donors (Lipinski definition) is 3. The van der Waals surface area contributed by atoms with E-state index in [0.29, 0.717) is 5.56 Å². The summed E-state index contributed by atoms with van der Waals surface area (Å²) in [6.07, 6.45) is 4.39. The Hall–Kier alpha value is -3.59. The summed E-state index contributed by atoms with van der Waals surface area (Å²) in [6, 6.07) is 10.1. The lowest BCUT2D eigenvalue weighted by Gasteiger charge is -2.29. The van der Waals surface area contributed by atoms with Crippen LogP contribution >= 0.6 is 0 Å². The highest BCUT2D eigenvalue weighted by molar-refractivity contribution is 5.86. The van der Waals surface area contributed by atoms with Crippen LogP contribution in [0.5, 0.6) is 0 Å². The molecule has 0 atom stereocenters. The minimum Gasteiger partial charge on any atom is -0.383 e. The first kappa shape index (κ1) is 23.6. The number of aromatic nitrogens is 2. The molecule has 0 saturated heterocycles. The van der Waals surface area contributed by atoms with Crippen LogP contribution in [0.4, 0.5) is 19.0 Å². The van der Waals surface area contributed by atoms with Crippen LogP contribution in [0, 0.1) is 17.5 Å². The van der Waals surface area contributed by atoms with E-state index in [4.69, 9.17) is 11.5 Å². The van der Waals surface area contributed by atoms with Gasteiger partial charge >= 0.3 is 0 Å². The summed E-state index contributed by atoms with van der Waals surface area (Å²) in [6.45, 7) is 4.01. The predicted molar refractivity (Wildman–Crippen MR) is 127 cm³/mol. The second-order valence-electron chi connectivity index (χ2n) is 8.39. The molecule has 34 heavy (non-hydrogen) atoms. The van der Waals surface area contributed by atoms with Crippen molar-refractivity contribution in [2.75, 3.05) is 5.73 Å². The highest BCUT2D eigenvalue weighted by atomic mass is 19.1. The Morgan fingerprint density at radius 2 is 1.71 bits per heavy atom. The summed E-state index contributed by atoms with van der Waals surface area (Å²) < 4.78 is 44.8. The zero-order valence-corrected chi connectivity index (χ0v) is 18.6. The highest BCUT2D eigenvalue weighted by Crippen LogP contribution is 2.37. The number of nitrogen functional groups attached to an aromatic ring is 1. The summed E-state index contributed by atoms with van der Waals surface area (Å²) >= 11 is 0. The van der Waals surface area contributed by atoms with Crippen LogP contribution in [0.25, 0.3) is 11.4 Å². The average molecular weight is 469 g/mol. The van der Waals surface area contributed by atoms with Crippen molar-refractivity contribution < 1.29 is 13.2 Å². The predicted octanol–water partition coefficient (Wildman–Crippen LogP) is 4.67. The molecule has 0 amide bonds. The second kappa shape index (κ2) is 10.1. The van der Waals surface area contributed by atoms with Gasteiger partial charge in [0.1, 0.15) is 40.6 Å². The molecule has 0 spiro atoms. The Morgan fingerprint density at radius 3 is 2.38 bits per heavy atom. The monoisotopic (exact) mass is 468 g/mol. The number of imidazole rings is 1. The van der Waals surface area contributed by atoms with Gasteiger partial charge in [0.15, 0.2) is 0 Å². The van der Waals surface area contributed by atoms with E-state index in [1.807, 2.05) is 0 Å². The molecule has 5 N–H and O–H groups in total. The van der Waals surface area contributed by atoms with Crippen LogP contribution in [0.2, 0.25) is 0 Å². The molecule has 1 aliphatic carbocycles. The van der Waals surface area contributed by atoms with E-state index in [9.17, 15) is 13.2 Å². The number of nitrogens with one attached hydrogen (secondary N) is 1. The molecule has 3 aromatic rings. The maximum Gasteiger partial charge on any atom is 0.148 e. The van der Waals surface area contributed by atoms with Crippen molar-refractivity contribution in [2.24, 2.45) is 10.7 Å². The molecule has 1 heterocycles. The lowest BCUT2D eigenvalue weighted by atomic mass is 9.91. The zero-order chi connectivity index (χ0) is 24.2. The first-order valence-corrected chi connectivity index (χ1v) is 11.1. The minimum atomic E-state index is -0.724. The molecule has 0 bridgehead atoms. The number of anilines is 1. The van der Waals surface area contributed by atoms with Crippen LogP contribution in [0.3, 0.4) is 0 Å². The van der Waals surface area contributed by atoms with Crippen LogP contribution in [0.15, 0.2) is 59.9 Å². The fraction of sp³-hybridized carbons (Fsp3) is 0.280. The van der Waals surface area contributed by atoms with Crippen molar-refractivity contribution >= 4 is 12.0 Å². The van der Waals surface area contributed by atoms with E-state index in [2.05, 4.69) is 21.9 Å². The standard InChI is InChI=1S/C25H27F3N6/c1-15(31-13-16-5-2-3-6-19(16)26)32-14-22-24(30)34(18-11-9-17(29)10-12-18)25(33-22)23-20(27)7-4-8-21(23)28/h2-8,14,17-18,31H,1,9-13,29-30H2. The molecule has 178 valence electrons. The van der Waals surface area contributed by atoms with Gasteiger partial charge < -0.3 is 21.4 Å². The molecule has 1 aromatic heterocycles. The molecular formula is C25H27F3N6. The summed E-state index contributed by atoms with van der Waals surface area (Å²) in [4.78, 5) is 8.68. The Balaban J connectivity index is 1.63. The van der Waals surface area contributed by atoms with E-state index in [0.717, 1.165) is 25.7 Å². The molecule has 1 fully saturated rings. The van der Waals surface area contributed by atoms with Crippen molar-refractivity contribution in [3.05, 3.63) is 83.6 Å². The van der Waals surface area contributed by atoms with E-state index < -0.39 is 11.6 Å². The number of hydrogen-bond acceptors (Lipinski definition) is 5. The second-order valence-corrected chi connectivity index (χ2v) is 8.39. The first-order valence-electron chi connectivity index (χ1n) is 11.1. The van der Waals surface area contributed by atoms with Gasteiger partial charge in [-0.15, -0.1) is 0 Å². The maximum atomic E-state index is 14.7. The van der Waals surface area contributed by atoms with E-state index in [1.54, 1.807) is 22.8 Å². The van der Waals surface area contributed by atoms with E-state index >= 15 is 0 Å². The number of benzene rings is 2. The van der Waals surface area contributed by atoms with Crippen molar-refractivity contribution in [1.29, 1.82) is 0 Å². The summed E-state index contributed by atoms with van der Waals surface area (Å²) in [7, 11) is 0. The van der Waals surface area contributed by atoms with Crippen LogP contribution in [-0.4, -0.2) is 21.8 Å². The molecule has 9 heteroatoms. The fourth-order valence-electron chi connectivity index (χ4n) is 4.20. The molecule has 6 nitrogen and oxygen atoms in total. The lowest BCUT2D eigenvalue weighted by Crippen LogP contribution is -2.28. The summed E-state index contributed by atoms with van der Waals surface area (Å²) in [5.41, 5.74) is 12.9. The largest absolute Gasteiger partial charge is 0.383 e. The normalized spacial score (nSPS) is 18.4. The van der Waals surface area contributed by atoms with Gasteiger partial charge in [0.05, 0.1) is 11.8 Å². The quantitative estimate of drug-likeness (QED) is 0.439. The number of aliphatic imine (C=N–C) groups is 1. The molecule has 0 unspecified atom stereocenters. The van der Waals surface area contributed by atoms with Gasteiger partial charge in [-0.1, -0.05) is 30.8 Å². The van der Waals surface area contributed by atoms with Crippen LogP contribution < -0.4 is 16.8 Å². The summed E-state index contributed by atoms with van der Waals surface area (Å²) in [5.74, 6) is -1.15. The zero-order valence-electron chi connectivity index (χ0n) is 18.6. The third kappa shape index (κ3) is 4.99. The van der Waals surface area contributed by atoms with Gasteiger partial charge in [-0.2, -0.15) is 0 Å². The number of nitrogens with zero attached hydrogens (tertiary/aromatic N) is 3. The SMILES string of the molecule is C=C(N=Cc1nc(-c2c(F)cccc2F)n(C2CCC(N)CC2)c1N)NCc1ccccc1F. The molecule has 0 aliphatic heterocycles. The number of nitrogens with two attached hydrogens (primary N) is 2. The van der Waals surface area contributed by atoms with Crippen LogP contribution in [-0.2, 0) is 6.54 Å². The maximum absolute atomic E-state index is 14.7. The molecule has 1 aliphatic rings.